The van der Waals surface area contributed by atoms with Crippen LogP contribution >= 0.6 is 11.6 Å². The van der Waals surface area contributed by atoms with Gasteiger partial charge in [0.2, 0.25) is 5.91 Å². The molecule has 3 aromatic rings. The van der Waals surface area contributed by atoms with Gasteiger partial charge < -0.3 is 9.42 Å². The van der Waals surface area contributed by atoms with Gasteiger partial charge in [0, 0.05) is 47.5 Å². The molecular formula is C22H18ClFN2O3. The van der Waals surface area contributed by atoms with Gasteiger partial charge in [-0.05, 0) is 48.5 Å². The Bertz CT molecular complexity index is 1040. The Morgan fingerprint density at radius 2 is 1.79 bits per heavy atom. The maximum atomic E-state index is 13.2. The van der Waals surface area contributed by atoms with E-state index in [9.17, 15) is 14.0 Å². The van der Waals surface area contributed by atoms with Gasteiger partial charge in [-0.25, -0.2) is 4.39 Å². The number of nitrogens with zero attached hydrogens (tertiary/aromatic N) is 2. The summed E-state index contributed by atoms with van der Waals surface area (Å²) in [4.78, 5) is 26.7. The lowest BCUT2D eigenvalue weighted by Crippen LogP contribution is -2.36. The van der Waals surface area contributed by atoms with Crippen molar-refractivity contribution in [3.63, 3.8) is 0 Å². The summed E-state index contributed by atoms with van der Waals surface area (Å²) in [6.07, 6.45) is 0.850. The second kappa shape index (κ2) is 8.17. The van der Waals surface area contributed by atoms with Crippen LogP contribution in [0.1, 0.15) is 34.5 Å². The molecule has 7 heteroatoms. The predicted molar refractivity (Wildman–Crippen MR) is 106 cm³/mol. The molecule has 5 nitrogen and oxygen atoms in total. The third-order valence-electron chi connectivity index (χ3n) is 5.03. The monoisotopic (exact) mass is 412 g/mol. The highest BCUT2D eigenvalue weighted by Gasteiger charge is 2.27. The molecule has 0 fully saturated rings. The summed E-state index contributed by atoms with van der Waals surface area (Å²) in [5, 5.41) is 4.66. The number of benzene rings is 2. The number of amides is 1. The lowest BCUT2D eigenvalue weighted by Gasteiger charge is -2.26. The zero-order valence-electron chi connectivity index (χ0n) is 15.5. The van der Waals surface area contributed by atoms with Gasteiger partial charge in [-0.3, -0.25) is 9.59 Å². The molecule has 0 N–H and O–H groups in total. The number of carbonyl (C=O) groups excluding carboxylic acids is 2. The van der Waals surface area contributed by atoms with Crippen molar-refractivity contribution in [3.8, 4) is 11.3 Å². The zero-order chi connectivity index (χ0) is 20.4. The standard InChI is InChI=1S/C22H18ClFN2O3/c23-16-5-1-14(2-6-16)20(27)9-10-21(28)26-12-11-19-18(13-26)22(29-25-19)15-3-7-17(24)8-4-15/h1-8H,9-13H2. The molecule has 0 unspecified atom stereocenters. The zero-order valence-corrected chi connectivity index (χ0v) is 16.3. The lowest BCUT2D eigenvalue weighted by atomic mass is 10.0. The quantitative estimate of drug-likeness (QED) is 0.571. The molecule has 1 amide bonds. The Labute approximate surface area is 172 Å². The number of carbonyl (C=O) groups is 2. The summed E-state index contributed by atoms with van der Waals surface area (Å²) in [5.41, 5.74) is 2.90. The maximum Gasteiger partial charge on any atom is 0.223 e. The van der Waals surface area contributed by atoms with Crippen molar-refractivity contribution in [1.29, 1.82) is 0 Å². The topological polar surface area (TPSA) is 63.4 Å². The lowest BCUT2D eigenvalue weighted by molar-refractivity contribution is -0.132. The molecule has 2 heterocycles. The predicted octanol–water partition coefficient (Wildman–Crippen LogP) is 4.68. The molecule has 0 atom stereocenters. The SMILES string of the molecule is O=C(CCC(=O)N1CCc2noc(-c3ccc(F)cc3)c2C1)c1ccc(Cl)cc1. The van der Waals surface area contributed by atoms with Crippen LogP contribution < -0.4 is 0 Å². The van der Waals surface area contributed by atoms with Crippen LogP contribution in [0, 0.1) is 5.82 Å². The largest absolute Gasteiger partial charge is 0.356 e. The second-order valence-electron chi connectivity index (χ2n) is 6.94. The third-order valence-corrected chi connectivity index (χ3v) is 5.28. The molecule has 0 spiro atoms. The summed E-state index contributed by atoms with van der Waals surface area (Å²) in [6.45, 7) is 0.885. The van der Waals surface area contributed by atoms with E-state index >= 15 is 0 Å². The second-order valence-corrected chi connectivity index (χ2v) is 7.38. The van der Waals surface area contributed by atoms with Crippen molar-refractivity contribution in [3.05, 3.63) is 76.2 Å². The summed E-state index contributed by atoms with van der Waals surface area (Å²) >= 11 is 5.84. The molecule has 0 radical (unpaired) electrons. The fourth-order valence-corrected chi connectivity index (χ4v) is 3.54. The first-order chi connectivity index (χ1) is 14.0. The van der Waals surface area contributed by atoms with Gasteiger partial charge >= 0.3 is 0 Å². The minimum Gasteiger partial charge on any atom is -0.356 e. The number of ketones is 1. The van der Waals surface area contributed by atoms with Gasteiger partial charge in [0.05, 0.1) is 12.2 Å². The first-order valence-corrected chi connectivity index (χ1v) is 9.69. The molecule has 0 saturated heterocycles. The number of hydrogen-bond donors (Lipinski definition) is 0. The van der Waals surface area contributed by atoms with Gasteiger partial charge in [-0.1, -0.05) is 16.8 Å². The fourth-order valence-electron chi connectivity index (χ4n) is 3.41. The molecule has 148 valence electrons. The molecule has 4 rings (SSSR count). The summed E-state index contributed by atoms with van der Waals surface area (Å²) in [6, 6.07) is 12.6. The molecule has 0 saturated carbocycles. The first kappa shape index (κ1) is 19.3. The smallest absolute Gasteiger partial charge is 0.223 e. The highest BCUT2D eigenvalue weighted by Crippen LogP contribution is 2.31. The van der Waals surface area contributed by atoms with Crippen molar-refractivity contribution >= 4 is 23.3 Å². The van der Waals surface area contributed by atoms with Crippen molar-refractivity contribution in [2.45, 2.75) is 25.8 Å². The molecule has 1 aliphatic rings. The highest BCUT2D eigenvalue weighted by atomic mass is 35.5. The Hall–Kier alpha value is -2.99. The Morgan fingerprint density at radius 1 is 1.07 bits per heavy atom. The van der Waals surface area contributed by atoms with Crippen LogP contribution in [-0.4, -0.2) is 28.3 Å². The van der Waals surface area contributed by atoms with Crippen molar-refractivity contribution < 1.29 is 18.5 Å². The van der Waals surface area contributed by atoms with Gasteiger partial charge in [-0.2, -0.15) is 0 Å². The summed E-state index contributed by atoms with van der Waals surface area (Å²) < 4.78 is 18.7. The van der Waals surface area contributed by atoms with Gasteiger partial charge in [0.25, 0.3) is 0 Å². The molecule has 29 heavy (non-hydrogen) atoms. The number of hydrogen-bond acceptors (Lipinski definition) is 4. The van der Waals surface area contributed by atoms with E-state index in [-0.39, 0.29) is 30.3 Å². The van der Waals surface area contributed by atoms with E-state index in [2.05, 4.69) is 5.16 Å². The fraction of sp³-hybridized carbons (Fsp3) is 0.227. The van der Waals surface area contributed by atoms with Crippen LogP contribution in [0.5, 0.6) is 0 Å². The summed E-state index contributed by atoms with van der Waals surface area (Å²) in [7, 11) is 0. The van der Waals surface area contributed by atoms with E-state index in [1.54, 1.807) is 41.3 Å². The Balaban J connectivity index is 1.42. The minimum absolute atomic E-state index is 0.0929. The first-order valence-electron chi connectivity index (χ1n) is 9.31. The van der Waals surface area contributed by atoms with Crippen LogP contribution in [0.2, 0.25) is 5.02 Å². The van der Waals surface area contributed by atoms with E-state index in [1.807, 2.05) is 0 Å². The van der Waals surface area contributed by atoms with Crippen LogP contribution in [-0.2, 0) is 17.8 Å². The van der Waals surface area contributed by atoms with E-state index in [1.165, 1.54) is 12.1 Å². The van der Waals surface area contributed by atoms with Gasteiger partial charge in [0.15, 0.2) is 11.5 Å². The summed E-state index contributed by atoms with van der Waals surface area (Å²) in [5.74, 6) is 0.0351. The molecular weight excluding hydrogens is 395 g/mol. The number of fused-ring (bicyclic) bond motifs is 1. The number of Topliss-reactive ketones (excluding diaryl/α,β-unsaturated/α-hetero) is 1. The molecule has 2 aromatic carbocycles. The van der Waals surface area contributed by atoms with Crippen LogP contribution in [0.25, 0.3) is 11.3 Å². The highest BCUT2D eigenvalue weighted by molar-refractivity contribution is 6.30. The Kier molecular flexibility index (Phi) is 5.45. The van der Waals surface area contributed by atoms with Crippen molar-refractivity contribution in [1.82, 2.24) is 10.1 Å². The molecule has 0 aliphatic carbocycles. The average Bonchev–Trinajstić information content (AvgIpc) is 3.16. The van der Waals surface area contributed by atoms with Crippen molar-refractivity contribution in [2.75, 3.05) is 6.54 Å². The van der Waals surface area contributed by atoms with E-state index in [0.717, 1.165) is 11.3 Å². The molecule has 0 bridgehead atoms. The van der Waals surface area contributed by atoms with Crippen LogP contribution in [0.15, 0.2) is 53.1 Å². The number of halogens is 2. The van der Waals surface area contributed by atoms with Crippen LogP contribution in [0.3, 0.4) is 0 Å². The Morgan fingerprint density at radius 3 is 2.52 bits per heavy atom. The van der Waals surface area contributed by atoms with Crippen LogP contribution in [0.4, 0.5) is 4.39 Å². The van der Waals surface area contributed by atoms with E-state index in [0.29, 0.717) is 41.4 Å². The number of aromatic nitrogens is 1. The molecule has 1 aromatic heterocycles. The average molecular weight is 413 g/mol. The normalized spacial score (nSPS) is 13.2. The third kappa shape index (κ3) is 4.22. The maximum absolute atomic E-state index is 13.2. The van der Waals surface area contributed by atoms with E-state index < -0.39 is 0 Å². The number of rotatable bonds is 5. The van der Waals surface area contributed by atoms with Crippen molar-refractivity contribution in [2.24, 2.45) is 0 Å². The minimum atomic E-state index is -0.329. The van der Waals surface area contributed by atoms with E-state index in [4.69, 9.17) is 16.1 Å². The van der Waals surface area contributed by atoms with Gasteiger partial charge in [-0.15, -0.1) is 0 Å². The molecule has 1 aliphatic heterocycles. The van der Waals surface area contributed by atoms with Gasteiger partial charge in [0.1, 0.15) is 5.82 Å².